The Morgan fingerprint density at radius 2 is 1.94 bits per heavy atom. The van der Waals surface area contributed by atoms with Gasteiger partial charge in [0.2, 0.25) is 0 Å². The molecule has 0 spiro atoms. The Kier molecular flexibility index (Phi) is 7.54. The summed E-state index contributed by atoms with van der Waals surface area (Å²) >= 11 is 3.51. The molecule has 1 aromatic rings. The number of nitrogens with one attached hydrogen (secondary N) is 1. The minimum absolute atomic E-state index is 0.443. The van der Waals surface area contributed by atoms with Gasteiger partial charge in [-0.15, -0.1) is 0 Å². The molecule has 1 nitrogen and oxygen atoms in total. The highest BCUT2D eigenvalue weighted by molar-refractivity contribution is 9.10. The first kappa shape index (κ1) is 14.7. The van der Waals surface area contributed by atoms with Crippen molar-refractivity contribution < 1.29 is 0 Å². The zero-order chi connectivity index (χ0) is 12.5. The molecule has 1 atom stereocenters. The standard InChI is InChI=1S/C15H24BrN/c1-3-4-5-6-7-11-17-13(2)14-9-8-10-15(16)12-14/h8-10,12-13,17H,3-7,11H2,1-2H3/t13-/m1/s1. The molecule has 0 amide bonds. The van der Waals surface area contributed by atoms with Gasteiger partial charge in [-0.2, -0.15) is 0 Å². The van der Waals surface area contributed by atoms with E-state index in [9.17, 15) is 0 Å². The van der Waals surface area contributed by atoms with E-state index in [2.05, 4.69) is 59.4 Å². The minimum atomic E-state index is 0.443. The van der Waals surface area contributed by atoms with Crippen LogP contribution in [-0.4, -0.2) is 6.54 Å². The van der Waals surface area contributed by atoms with Crippen LogP contribution in [0, 0.1) is 0 Å². The van der Waals surface area contributed by atoms with E-state index in [-0.39, 0.29) is 0 Å². The van der Waals surface area contributed by atoms with Crippen LogP contribution in [0.2, 0.25) is 0 Å². The third-order valence-electron chi connectivity index (χ3n) is 3.08. The molecule has 0 unspecified atom stereocenters. The van der Waals surface area contributed by atoms with E-state index in [0.29, 0.717) is 6.04 Å². The number of hydrogen-bond donors (Lipinski definition) is 1. The van der Waals surface area contributed by atoms with Crippen LogP contribution in [0.3, 0.4) is 0 Å². The van der Waals surface area contributed by atoms with Gasteiger partial charge in [-0.25, -0.2) is 0 Å². The summed E-state index contributed by atoms with van der Waals surface area (Å²) in [6, 6.07) is 8.98. The molecule has 2 heteroatoms. The fourth-order valence-corrected chi connectivity index (χ4v) is 2.36. The lowest BCUT2D eigenvalue weighted by Gasteiger charge is -2.14. The molecule has 0 heterocycles. The highest BCUT2D eigenvalue weighted by atomic mass is 79.9. The Morgan fingerprint density at radius 1 is 1.18 bits per heavy atom. The lowest BCUT2D eigenvalue weighted by molar-refractivity contribution is 0.531. The zero-order valence-electron chi connectivity index (χ0n) is 11.0. The largest absolute Gasteiger partial charge is 0.310 e. The van der Waals surface area contributed by atoms with Gasteiger partial charge >= 0.3 is 0 Å². The normalized spacial score (nSPS) is 12.6. The molecule has 0 aromatic heterocycles. The minimum Gasteiger partial charge on any atom is -0.310 e. The van der Waals surface area contributed by atoms with E-state index >= 15 is 0 Å². The van der Waals surface area contributed by atoms with Crippen LogP contribution in [0.1, 0.15) is 57.6 Å². The molecule has 0 radical (unpaired) electrons. The van der Waals surface area contributed by atoms with Crippen LogP contribution in [0.15, 0.2) is 28.7 Å². The summed E-state index contributed by atoms with van der Waals surface area (Å²) in [5.41, 5.74) is 1.35. The Hall–Kier alpha value is -0.340. The molecule has 96 valence electrons. The lowest BCUT2D eigenvalue weighted by atomic mass is 10.1. The van der Waals surface area contributed by atoms with E-state index in [1.807, 2.05) is 0 Å². The number of halogens is 1. The van der Waals surface area contributed by atoms with Gasteiger partial charge in [0.1, 0.15) is 0 Å². The third-order valence-corrected chi connectivity index (χ3v) is 3.57. The van der Waals surface area contributed by atoms with Crippen molar-refractivity contribution in [1.82, 2.24) is 5.32 Å². The first-order valence-corrected chi connectivity index (χ1v) is 7.52. The predicted octanol–water partition coefficient (Wildman–Crippen LogP) is 5.07. The summed E-state index contributed by atoms with van der Waals surface area (Å²) in [6.45, 7) is 5.61. The van der Waals surface area contributed by atoms with Crippen molar-refractivity contribution in [2.75, 3.05) is 6.54 Å². The van der Waals surface area contributed by atoms with Crippen LogP contribution in [-0.2, 0) is 0 Å². The van der Waals surface area contributed by atoms with Crippen molar-refractivity contribution >= 4 is 15.9 Å². The molecule has 1 rings (SSSR count). The van der Waals surface area contributed by atoms with E-state index in [4.69, 9.17) is 0 Å². The summed E-state index contributed by atoms with van der Waals surface area (Å²) in [4.78, 5) is 0. The number of unbranched alkanes of at least 4 members (excludes halogenated alkanes) is 4. The summed E-state index contributed by atoms with van der Waals surface area (Å²) in [5, 5.41) is 3.58. The smallest absolute Gasteiger partial charge is 0.0292 e. The Balaban J connectivity index is 2.19. The maximum Gasteiger partial charge on any atom is 0.0292 e. The SMILES string of the molecule is CCCCCCCN[C@H](C)c1cccc(Br)c1. The summed E-state index contributed by atoms with van der Waals surface area (Å²) < 4.78 is 1.16. The average Bonchev–Trinajstić information content (AvgIpc) is 2.33. The highest BCUT2D eigenvalue weighted by Crippen LogP contribution is 2.17. The topological polar surface area (TPSA) is 12.0 Å². The first-order valence-electron chi connectivity index (χ1n) is 6.73. The van der Waals surface area contributed by atoms with E-state index in [0.717, 1.165) is 11.0 Å². The highest BCUT2D eigenvalue weighted by Gasteiger charge is 2.03. The Bertz CT molecular complexity index is 312. The van der Waals surface area contributed by atoms with E-state index in [1.54, 1.807) is 0 Å². The Labute approximate surface area is 114 Å². The maximum absolute atomic E-state index is 3.58. The molecule has 0 fully saturated rings. The summed E-state index contributed by atoms with van der Waals surface area (Å²) in [6.07, 6.45) is 6.72. The quantitative estimate of drug-likeness (QED) is 0.661. The third kappa shape index (κ3) is 6.23. The maximum atomic E-state index is 3.58. The van der Waals surface area contributed by atoms with Gasteiger partial charge < -0.3 is 5.32 Å². The van der Waals surface area contributed by atoms with Crippen molar-refractivity contribution in [1.29, 1.82) is 0 Å². The number of rotatable bonds is 8. The van der Waals surface area contributed by atoms with Crippen LogP contribution in [0.25, 0.3) is 0 Å². The second-order valence-corrected chi connectivity index (χ2v) is 5.56. The van der Waals surface area contributed by atoms with Crippen molar-refractivity contribution in [3.05, 3.63) is 34.3 Å². The molecule has 1 N–H and O–H groups in total. The molecular formula is C15H24BrN. The first-order chi connectivity index (χ1) is 8.24. The van der Waals surface area contributed by atoms with Crippen LogP contribution < -0.4 is 5.32 Å². The average molecular weight is 298 g/mol. The van der Waals surface area contributed by atoms with Crippen molar-refractivity contribution in [2.45, 2.75) is 52.0 Å². The van der Waals surface area contributed by atoms with Crippen molar-refractivity contribution in [3.63, 3.8) is 0 Å². The molecule has 1 aromatic carbocycles. The molecule has 0 aliphatic rings. The zero-order valence-corrected chi connectivity index (χ0v) is 12.6. The van der Waals surface area contributed by atoms with Gasteiger partial charge in [-0.3, -0.25) is 0 Å². The monoisotopic (exact) mass is 297 g/mol. The summed E-state index contributed by atoms with van der Waals surface area (Å²) in [5.74, 6) is 0. The van der Waals surface area contributed by atoms with Crippen LogP contribution in [0.4, 0.5) is 0 Å². The number of benzene rings is 1. The van der Waals surface area contributed by atoms with Gasteiger partial charge in [0.15, 0.2) is 0 Å². The lowest BCUT2D eigenvalue weighted by Crippen LogP contribution is -2.19. The summed E-state index contributed by atoms with van der Waals surface area (Å²) in [7, 11) is 0. The molecule has 0 bridgehead atoms. The second kappa shape index (κ2) is 8.71. The van der Waals surface area contributed by atoms with Gasteiger partial charge in [0.25, 0.3) is 0 Å². The molecule has 17 heavy (non-hydrogen) atoms. The number of hydrogen-bond acceptors (Lipinski definition) is 1. The van der Waals surface area contributed by atoms with Crippen molar-refractivity contribution in [3.8, 4) is 0 Å². The van der Waals surface area contributed by atoms with Crippen LogP contribution in [0.5, 0.6) is 0 Å². The fourth-order valence-electron chi connectivity index (χ4n) is 1.94. The van der Waals surface area contributed by atoms with Gasteiger partial charge in [-0.1, -0.05) is 60.7 Å². The molecule has 0 aliphatic heterocycles. The second-order valence-electron chi connectivity index (χ2n) is 4.65. The molecule has 0 saturated carbocycles. The molecule has 0 saturated heterocycles. The van der Waals surface area contributed by atoms with Gasteiger partial charge in [0, 0.05) is 10.5 Å². The van der Waals surface area contributed by atoms with Gasteiger partial charge in [0.05, 0.1) is 0 Å². The van der Waals surface area contributed by atoms with Crippen LogP contribution >= 0.6 is 15.9 Å². The van der Waals surface area contributed by atoms with E-state index in [1.165, 1.54) is 37.7 Å². The predicted molar refractivity (Wildman–Crippen MR) is 79.3 cm³/mol. The molecule has 0 aliphatic carbocycles. The Morgan fingerprint density at radius 3 is 2.65 bits per heavy atom. The fraction of sp³-hybridized carbons (Fsp3) is 0.600. The van der Waals surface area contributed by atoms with Crippen molar-refractivity contribution in [2.24, 2.45) is 0 Å². The van der Waals surface area contributed by atoms with Gasteiger partial charge in [-0.05, 0) is 37.6 Å². The molecular weight excluding hydrogens is 274 g/mol. The van der Waals surface area contributed by atoms with E-state index < -0.39 is 0 Å².